The van der Waals surface area contributed by atoms with E-state index in [0.717, 1.165) is 28.8 Å². The second-order valence-electron chi connectivity index (χ2n) is 5.99. The first-order valence-corrected chi connectivity index (χ1v) is 8.64. The van der Waals surface area contributed by atoms with Gasteiger partial charge in [0, 0.05) is 35.2 Å². The highest BCUT2D eigenvalue weighted by Gasteiger charge is 2.17. The van der Waals surface area contributed by atoms with Crippen LogP contribution in [0.5, 0.6) is 0 Å². The lowest BCUT2D eigenvalue weighted by atomic mass is 9.98. The van der Waals surface area contributed by atoms with Crippen molar-refractivity contribution in [3.63, 3.8) is 0 Å². The normalized spacial score (nSPS) is 10.7. The number of carboxylic acids is 1. The average molecular weight is 368 g/mol. The van der Waals surface area contributed by atoms with Gasteiger partial charge in [-0.2, -0.15) is 0 Å². The summed E-state index contributed by atoms with van der Waals surface area (Å²) in [5, 5.41) is 9.96. The number of nitrogens with zero attached hydrogens (tertiary/aromatic N) is 3. The quantitative estimate of drug-likeness (QED) is 0.714. The van der Waals surface area contributed by atoms with Crippen molar-refractivity contribution in [3.8, 4) is 0 Å². The third-order valence-electron chi connectivity index (χ3n) is 4.19. The number of pyridine rings is 1. The standard InChI is InChI=1S/C20H18ClN3O2/c1-13-16(11-15-6-2-3-7-17(15)21)18(24-19(23-13)20(25)26)9-8-14-5-4-10-22-12-14/h2-7,10,12H,8-9,11H2,1H3,(H,25,26). The van der Waals surface area contributed by atoms with E-state index in [1.807, 2.05) is 43.3 Å². The molecule has 3 aromatic rings. The molecule has 0 atom stereocenters. The van der Waals surface area contributed by atoms with Crippen molar-refractivity contribution in [2.45, 2.75) is 26.2 Å². The molecular formula is C20H18ClN3O2. The van der Waals surface area contributed by atoms with Gasteiger partial charge in [-0.15, -0.1) is 0 Å². The summed E-state index contributed by atoms with van der Waals surface area (Å²) in [4.78, 5) is 23.9. The second-order valence-corrected chi connectivity index (χ2v) is 6.40. The van der Waals surface area contributed by atoms with Crippen LogP contribution in [0, 0.1) is 6.92 Å². The van der Waals surface area contributed by atoms with Crippen LogP contribution in [0.1, 0.15) is 38.7 Å². The van der Waals surface area contributed by atoms with E-state index in [1.54, 1.807) is 12.4 Å². The molecule has 0 fully saturated rings. The Hall–Kier alpha value is -2.79. The predicted molar refractivity (Wildman–Crippen MR) is 99.6 cm³/mol. The van der Waals surface area contributed by atoms with Gasteiger partial charge in [0.05, 0.1) is 0 Å². The lowest BCUT2D eigenvalue weighted by Crippen LogP contribution is -2.13. The van der Waals surface area contributed by atoms with Crippen LogP contribution in [0.3, 0.4) is 0 Å². The van der Waals surface area contributed by atoms with Gasteiger partial charge in [0.2, 0.25) is 5.82 Å². The van der Waals surface area contributed by atoms with Gasteiger partial charge >= 0.3 is 5.97 Å². The topological polar surface area (TPSA) is 76.0 Å². The summed E-state index contributed by atoms with van der Waals surface area (Å²) in [6, 6.07) is 11.5. The van der Waals surface area contributed by atoms with Crippen molar-refractivity contribution in [1.29, 1.82) is 0 Å². The largest absolute Gasteiger partial charge is 0.475 e. The summed E-state index contributed by atoms with van der Waals surface area (Å²) in [6.07, 6.45) is 5.42. The van der Waals surface area contributed by atoms with Crippen molar-refractivity contribution >= 4 is 17.6 Å². The number of aryl methyl sites for hydroxylation is 3. The van der Waals surface area contributed by atoms with E-state index < -0.39 is 5.97 Å². The van der Waals surface area contributed by atoms with Crippen molar-refractivity contribution in [2.75, 3.05) is 0 Å². The van der Waals surface area contributed by atoms with Gasteiger partial charge < -0.3 is 5.11 Å². The predicted octanol–water partition coefficient (Wildman–Crippen LogP) is 3.91. The van der Waals surface area contributed by atoms with Crippen molar-refractivity contribution in [1.82, 2.24) is 15.0 Å². The molecule has 5 nitrogen and oxygen atoms in total. The van der Waals surface area contributed by atoms with Gasteiger partial charge in [-0.1, -0.05) is 35.9 Å². The van der Waals surface area contributed by atoms with Gasteiger partial charge in [0.1, 0.15) is 0 Å². The fraction of sp³-hybridized carbons (Fsp3) is 0.200. The maximum Gasteiger partial charge on any atom is 0.373 e. The Morgan fingerprint density at radius 3 is 2.62 bits per heavy atom. The Balaban J connectivity index is 1.96. The van der Waals surface area contributed by atoms with Crippen LogP contribution in [-0.4, -0.2) is 26.0 Å². The Morgan fingerprint density at radius 1 is 1.12 bits per heavy atom. The maximum atomic E-state index is 11.3. The average Bonchev–Trinajstić information content (AvgIpc) is 2.64. The summed E-state index contributed by atoms with van der Waals surface area (Å²) in [7, 11) is 0. The summed E-state index contributed by atoms with van der Waals surface area (Å²) in [5.41, 5.74) is 4.36. The molecule has 2 aromatic heterocycles. The Labute approximate surface area is 156 Å². The molecule has 0 aliphatic carbocycles. The van der Waals surface area contributed by atoms with E-state index in [4.69, 9.17) is 11.6 Å². The minimum atomic E-state index is -1.12. The molecule has 0 aliphatic rings. The van der Waals surface area contributed by atoms with Crippen LogP contribution in [-0.2, 0) is 19.3 Å². The van der Waals surface area contributed by atoms with E-state index in [0.29, 0.717) is 23.6 Å². The molecule has 0 aliphatic heterocycles. The van der Waals surface area contributed by atoms with Gasteiger partial charge in [0.15, 0.2) is 0 Å². The molecule has 0 radical (unpaired) electrons. The molecule has 26 heavy (non-hydrogen) atoms. The molecule has 0 spiro atoms. The van der Waals surface area contributed by atoms with Crippen molar-refractivity contribution in [2.24, 2.45) is 0 Å². The Kier molecular flexibility index (Phi) is 5.58. The molecule has 0 saturated heterocycles. The van der Waals surface area contributed by atoms with E-state index in [9.17, 15) is 9.90 Å². The van der Waals surface area contributed by atoms with Gasteiger partial charge in [-0.25, -0.2) is 14.8 Å². The SMILES string of the molecule is Cc1nc(C(=O)O)nc(CCc2cccnc2)c1Cc1ccccc1Cl. The van der Waals surface area contributed by atoms with Crippen LogP contribution >= 0.6 is 11.6 Å². The number of benzene rings is 1. The molecule has 1 N–H and O–H groups in total. The number of carbonyl (C=O) groups is 1. The second kappa shape index (κ2) is 8.06. The summed E-state index contributed by atoms with van der Waals surface area (Å²) < 4.78 is 0. The highest BCUT2D eigenvalue weighted by molar-refractivity contribution is 6.31. The molecule has 2 heterocycles. The van der Waals surface area contributed by atoms with Crippen LogP contribution in [0.25, 0.3) is 0 Å². The number of aromatic carboxylic acids is 1. The molecule has 0 amide bonds. The lowest BCUT2D eigenvalue weighted by Gasteiger charge is -2.13. The van der Waals surface area contributed by atoms with Crippen LogP contribution < -0.4 is 0 Å². The van der Waals surface area contributed by atoms with E-state index >= 15 is 0 Å². The monoisotopic (exact) mass is 367 g/mol. The number of hydrogen-bond acceptors (Lipinski definition) is 4. The molecule has 3 rings (SSSR count). The highest BCUT2D eigenvalue weighted by Crippen LogP contribution is 2.23. The third kappa shape index (κ3) is 4.24. The minimum Gasteiger partial charge on any atom is -0.475 e. The van der Waals surface area contributed by atoms with Crippen molar-refractivity contribution < 1.29 is 9.90 Å². The lowest BCUT2D eigenvalue weighted by molar-refractivity contribution is 0.0682. The molecule has 0 unspecified atom stereocenters. The van der Waals surface area contributed by atoms with Gasteiger partial charge in [0.25, 0.3) is 0 Å². The molecule has 1 aromatic carbocycles. The first kappa shape index (κ1) is 18.0. The Morgan fingerprint density at radius 2 is 1.92 bits per heavy atom. The van der Waals surface area contributed by atoms with E-state index in [1.165, 1.54) is 0 Å². The molecular weight excluding hydrogens is 350 g/mol. The number of halogens is 1. The number of aromatic nitrogens is 3. The third-order valence-corrected chi connectivity index (χ3v) is 4.56. The zero-order chi connectivity index (χ0) is 18.5. The smallest absolute Gasteiger partial charge is 0.373 e. The Bertz CT molecular complexity index is 930. The minimum absolute atomic E-state index is 0.174. The van der Waals surface area contributed by atoms with Crippen LogP contribution in [0.15, 0.2) is 48.8 Å². The molecule has 0 bridgehead atoms. The fourth-order valence-electron chi connectivity index (χ4n) is 2.83. The molecule has 6 heteroatoms. The summed E-state index contributed by atoms with van der Waals surface area (Å²) >= 11 is 6.29. The zero-order valence-electron chi connectivity index (χ0n) is 14.3. The first-order valence-electron chi connectivity index (χ1n) is 8.26. The fourth-order valence-corrected chi connectivity index (χ4v) is 3.03. The van der Waals surface area contributed by atoms with E-state index in [-0.39, 0.29) is 5.82 Å². The van der Waals surface area contributed by atoms with Gasteiger partial charge in [-0.3, -0.25) is 4.98 Å². The first-order chi connectivity index (χ1) is 12.5. The van der Waals surface area contributed by atoms with Crippen LogP contribution in [0.4, 0.5) is 0 Å². The maximum absolute atomic E-state index is 11.3. The summed E-state index contributed by atoms with van der Waals surface area (Å²) in [6.45, 7) is 1.81. The molecule has 132 valence electrons. The summed E-state index contributed by atoms with van der Waals surface area (Å²) in [5.74, 6) is -1.30. The van der Waals surface area contributed by atoms with Crippen LogP contribution in [0.2, 0.25) is 5.02 Å². The van der Waals surface area contributed by atoms with Crippen molar-refractivity contribution in [3.05, 3.63) is 87.7 Å². The zero-order valence-corrected chi connectivity index (χ0v) is 15.1. The highest BCUT2D eigenvalue weighted by atomic mass is 35.5. The van der Waals surface area contributed by atoms with E-state index in [2.05, 4.69) is 15.0 Å². The van der Waals surface area contributed by atoms with Gasteiger partial charge in [-0.05, 0) is 48.6 Å². The number of rotatable bonds is 6. The molecule has 0 saturated carbocycles. The number of hydrogen-bond donors (Lipinski definition) is 1. The number of carboxylic acid groups (broad SMARTS) is 1.